The summed E-state index contributed by atoms with van der Waals surface area (Å²) in [5.41, 5.74) is 2.62. The number of rotatable bonds is 0. The molecule has 0 spiro atoms. The molecule has 0 aromatic carbocycles. The molecule has 0 unspecified atom stereocenters. The number of hydrogen-bond acceptors (Lipinski definition) is 5. The van der Waals surface area contributed by atoms with E-state index < -0.39 is 0 Å². The Labute approximate surface area is 385 Å². The Bertz CT molecular complexity index is 480. The monoisotopic (exact) mass is 1280 g/mol. The largest absolute Gasteiger partial charge is 2.00 e. The maximum absolute atomic E-state index is 7.32. The Hall–Kier alpha value is 2.64. The van der Waals surface area contributed by atoms with E-state index >= 15 is 0 Å². The van der Waals surface area contributed by atoms with Crippen molar-refractivity contribution in [1.82, 2.24) is 10.6 Å². The molecule has 0 saturated heterocycles. The number of nitrogens with zero attached hydrogens (tertiary/aromatic N) is 3. The Morgan fingerprint density at radius 2 is 0.612 bits per heavy atom. The first kappa shape index (κ1) is 218. The molecule has 1 aliphatic rings. The third kappa shape index (κ3) is 146. The number of aliphatic imine (C=N–C) groups is 2. The van der Waals surface area contributed by atoms with Crippen molar-refractivity contribution in [3.8, 4) is 6.07 Å². The molecule has 1 radical (unpaired) electrons. The van der Waals surface area contributed by atoms with E-state index in [2.05, 4.69) is 62.2 Å². The van der Waals surface area contributed by atoms with E-state index in [0.29, 0.717) is 0 Å². The predicted molar refractivity (Wildman–Crippen MR) is 114 cm³/mol. The van der Waals surface area contributed by atoms with Crippen LogP contribution in [0.25, 0.3) is 0 Å². The molecular weight excluding hydrogens is 1230 g/mol. The molecule has 1 heterocycles. The van der Waals surface area contributed by atoms with Crippen molar-refractivity contribution in [3.63, 3.8) is 0 Å². The number of hydrogen-bond donors (Lipinski definition) is 2. The fraction of sp³-hybridized carbons (Fsp3) is 0.833. The molecule has 0 atom stereocenters. The van der Waals surface area contributed by atoms with Gasteiger partial charge in [0.05, 0.1) is 19.2 Å². The van der Waals surface area contributed by atoms with E-state index in [1.807, 2.05) is 0 Å². The first-order valence-corrected chi connectivity index (χ1v) is 8.42. The van der Waals surface area contributed by atoms with Gasteiger partial charge in [-0.1, -0.05) is 0 Å². The maximum Gasteiger partial charge on any atom is 2.00 e. The minimum absolute atomic E-state index is 0. The van der Waals surface area contributed by atoms with Crippen LogP contribution in [0, 0.1) is 11.3 Å². The van der Waals surface area contributed by atoms with Crippen molar-refractivity contribution in [1.29, 1.82) is 5.26 Å². The Kier molecular flexibility index (Phi) is 555. The van der Waals surface area contributed by atoms with Gasteiger partial charge in [0.1, 0.15) is 0 Å². The van der Waals surface area contributed by atoms with Crippen LogP contribution >= 0.6 is 0 Å². The van der Waals surface area contributed by atoms with Crippen molar-refractivity contribution in [3.05, 3.63) is 0 Å². The van der Waals surface area contributed by atoms with E-state index in [1.54, 1.807) is 6.07 Å². The predicted octanol–water partition coefficient (Wildman–Crippen LogP) is 0.694. The van der Waals surface area contributed by atoms with Crippen molar-refractivity contribution in [2.24, 2.45) is 9.98 Å². The van der Waals surface area contributed by atoms with Gasteiger partial charge in [-0.05, 0) is 41.5 Å². The molecule has 1 aliphatic heterocycles. The van der Waals surface area contributed by atoms with Crippen molar-refractivity contribution in [2.45, 2.75) is 72.4 Å². The summed E-state index contributed by atoms with van der Waals surface area (Å²) in [4.78, 5) is 9.35. The summed E-state index contributed by atoms with van der Waals surface area (Å²) in [5, 5.41) is 14.5. The van der Waals surface area contributed by atoms with E-state index in [1.165, 1.54) is 18.3 Å². The van der Waals surface area contributed by atoms with E-state index in [-0.39, 0.29) is 259 Å². The molecule has 49 heavy (non-hydrogen) atoms. The van der Waals surface area contributed by atoms with Crippen molar-refractivity contribution >= 4 is 11.4 Å². The van der Waals surface area contributed by atoms with Crippen LogP contribution in [0.1, 0.15) is 61.3 Å². The third-order valence-electron chi connectivity index (χ3n) is 3.59. The third-order valence-corrected chi connectivity index (χ3v) is 3.59. The van der Waals surface area contributed by atoms with Gasteiger partial charge in [0.2, 0.25) is 0 Å². The molecule has 0 aliphatic carbocycles. The van der Waals surface area contributed by atoms with Gasteiger partial charge in [-0.15, -0.1) is 0 Å². The summed E-state index contributed by atoms with van der Waals surface area (Å²) in [6.07, 6.45) is 1.97. The fourth-order valence-electron chi connectivity index (χ4n) is 2.80. The van der Waals surface area contributed by atoms with Gasteiger partial charge in [-0.2, -0.15) is 5.26 Å². The van der Waals surface area contributed by atoms with Gasteiger partial charge >= 0.3 is 17.1 Å². The fourth-order valence-corrected chi connectivity index (χ4v) is 2.80. The van der Waals surface area contributed by atoms with Crippen LogP contribution in [0.15, 0.2) is 9.98 Å². The molecule has 31 heteroatoms. The normalized spacial score (nSPS) is 10.5. The minimum Gasteiger partial charge on any atom is -2.00 e. The topological polar surface area (TPSA) is 614 Å². The van der Waals surface area contributed by atoms with Crippen LogP contribution < -0.4 is 10.6 Å². The van der Waals surface area contributed by atoms with Gasteiger partial charge < -0.3 is 115 Å². The van der Waals surface area contributed by atoms with Crippen molar-refractivity contribution < 1.29 is 248 Å². The summed E-state index contributed by atoms with van der Waals surface area (Å²) in [6.45, 7) is 18.2. The van der Waals surface area contributed by atoms with Crippen LogP contribution in [-0.4, -0.2) is 48.7 Å². The van der Waals surface area contributed by atoms with Gasteiger partial charge in [0.15, 0.2) is 0 Å². The zero-order valence-corrected chi connectivity index (χ0v) is 39.6. The molecule has 0 saturated carbocycles. The van der Waals surface area contributed by atoms with E-state index in [4.69, 9.17) is 5.26 Å². The summed E-state index contributed by atoms with van der Waals surface area (Å²) < 4.78 is 0. The van der Waals surface area contributed by atoms with Crippen LogP contribution in [0.4, 0.5) is 0 Å². The molecule has 0 aromatic rings. The molecule has 0 amide bonds. The maximum atomic E-state index is 7.32. The number of nitriles is 1. The van der Waals surface area contributed by atoms with Crippen molar-refractivity contribution in [2.75, 3.05) is 26.2 Å². The molecule has 329 valence electrons. The molecule has 1 rings (SSSR count). The Morgan fingerprint density at radius 1 is 0.469 bits per heavy atom. The second-order valence-electron chi connectivity index (χ2n) is 7.43. The average Bonchev–Trinajstić information content (AvgIpc) is 2.39. The average molecular weight is 1260 g/mol. The Balaban J connectivity index is -0.00000000645. The van der Waals surface area contributed by atoms with Crippen LogP contribution in [-0.2, 0) is 248 Å². The zero-order chi connectivity index (χ0) is 17.9. The van der Waals surface area contributed by atoms with E-state index in [0.717, 1.165) is 39.0 Å². The SMILES string of the molecule is CC#N.CC1=NCCNC(C)(C)CC(C)=NCCNC(C)(C)C1.[Cu+2].[Mo].[Mo].[Mo].[Mo].[Mo].[Mo].[O-2].[O-2].[O-2].[O-2].[O-2].[O-2].[O-2].[O-2].[O-2].[O-2].[O-2].[O-2].[O-2].[O-2].[O-2].[O-2].[O-2].[O-2].[O-2]. The van der Waals surface area contributed by atoms with Crippen LogP contribution in [0.3, 0.4) is 0 Å². The van der Waals surface area contributed by atoms with Crippen LogP contribution in [0.2, 0.25) is 0 Å². The van der Waals surface area contributed by atoms with Gasteiger partial charge in [0, 0.05) is 182 Å². The summed E-state index contributed by atoms with van der Waals surface area (Å²) in [5.74, 6) is 0. The quantitative estimate of drug-likeness (QED) is 0.331. The second kappa shape index (κ2) is 125. The number of nitrogens with one attached hydrogen (secondary N) is 2. The second-order valence-corrected chi connectivity index (χ2v) is 7.43. The molecule has 24 nitrogen and oxygen atoms in total. The molecule has 2 N–H and O–H groups in total. The first-order valence-electron chi connectivity index (χ1n) is 8.42. The summed E-state index contributed by atoms with van der Waals surface area (Å²) in [6, 6.07) is 1.75. The van der Waals surface area contributed by atoms with Crippen LogP contribution in [0.5, 0.6) is 0 Å². The Morgan fingerprint density at radius 3 is 0.755 bits per heavy atom. The molecule has 0 bridgehead atoms. The summed E-state index contributed by atoms with van der Waals surface area (Å²) in [7, 11) is 0. The molecular formula is C18H35CuMo6N5O19-36. The van der Waals surface area contributed by atoms with Gasteiger partial charge in [-0.3, -0.25) is 9.98 Å². The smallest absolute Gasteiger partial charge is 2.00 e. The van der Waals surface area contributed by atoms with E-state index in [9.17, 15) is 0 Å². The standard InChI is InChI=1S/C16H32N4.C2H3N.Cu.6Mo.19O/c1-13-11-15(3,4)19-10-8-18-14(2)12-16(5,6)20-9-7-17-13;1-2-3;;;;;;;;;;;;;;;;;;;;;;;;;;/h19-20H,7-12H2,1-6H3;1H3;;;;;;;;;;;;;;;;;;;;;;;;;;/q;;+2;;;;;;;19*-2. The minimum atomic E-state index is 0. The molecule has 0 aromatic heterocycles. The van der Waals surface area contributed by atoms with Gasteiger partial charge in [0.25, 0.3) is 0 Å². The first-order chi connectivity index (χ1) is 10.6. The summed E-state index contributed by atoms with van der Waals surface area (Å²) >= 11 is 0. The molecule has 0 fully saturated rings. The van der Waals surface area contributed by atoms with Gasteiger partial charge in [-0.25, -0.2) is 0 Å². The zero-order valence-electron chi connectivity index (χ0n) is 26.6.